The van der Waals surface area contributed by atoms with Crippen LogP contribution in [0.4, 0.5) is 0 Å². The summed E-state index contributed by atoms with van der Waals surface area (Å²) in [5, 5.41) is 11.2. The monoisotopic (exact) mass is 294 g/mol. The second-order valence-corrected chi connectivity index (χ2v) is 7.36. The summed E-state index contributed by atoms with van der Waals surface area (Å²) in [6.45, 7) is 5.41. The average Bonchev–Trinajstić information content (AvgIpc) is 3.07. The Morgan fingerprint density at radius 2 is 1.67 bits per heavy atom. The van der Waals surface area contributed by atoms with E-state index in [2.05, 4.69) is 0 Å². The fourth-order valence-corrected chi connectivity index (χ4v) is 5.96. The Morgan fingerprint density at radius 3 is 2.29 bits per heavy atom. The second kappa shape index (κ2) is 2.52. The molecule has 8 rings (SSSR count). The molecule has 0 radical (unpaired) electrons. The molecule has 0 amide bonds. The first-order valence-electron chi connectivity index (χ1n) is 7.00. The average molecular weight is 294 g/mol. The number of carbonyl (C=O) groups is 1. The molecule has 0 aromatic heterocycles. The highest BCUT2D eigenvalue weighted by Crippen LogP contribution is 2.87. The largest absolute Gasteiger partial charge is 0.646 e. The maximum atomic E-state index is 12.0. The molecule has 8 nitrogen and oxygen atoms in total. The van der Waals surface area contributed by atoms with Crippen molar-refractivity contribution in [1.82, 2.24) is 0 Å². The molecule has 5 unspecified atom stereocenters. The second-order valence-electron chi connectivity index (χ2n) is 7.36. The SMILES string of the molecule is CC1(C)C23OB4OC2C1(O4)C12OB(OC1(O)C3(C)C=O)O2. The van der Waals surface area contributed by atoms with E-state index in [4.69, 9.17) is 27.9 Å². The van der Waals surface area contributed by atoms with Crippen LogP contribution in [0.1, 0.15) is 20.8 Å². The quantitative estimate of drug-likeness (QED) is 0.466. The Kier molecular flexibility index (Phi) is 1.44. The van der Waals surface area contributed by atoms with Crippen molar-refractivity contribution >= 4 is 20.9 Å². The van der Waals surface area contributed by atoms with Crippen molar-refractivity contribution in [3.63, 3.8) is 0 Å². The lowest BCUT2D eigenvalue weighted by molar-refractivity contribution is -0.524. The lowest BCUT2D eigenvalue weighted by atomic mass is 9.30. The van der Waals surface area contributed by atoms with E-state index in [0.717, 1.165) is 0 Å². The molecular weight excluding hydrogens is 282 g/mol. The zero-order valence-corrected chi connectivity index (χ0v) is 11.6. The van der Waals surface area contributed by atoms with Crippen LogP contribution in [0, 0.1) is 10.8 Å². The summed E-state index contributed by atoms with van der Waals surface area (Å²) in [7, 11) is -1.88. The highest BCUT2D eigenvalue weighted by Gasteiger charge is 3.09. The summed E-state index contributed by atoms with van der Waals surface area (Å²) in [4.78, 5) is 12.0. The van der Waals surface area contributed by atoms with Crippen LogP contribution in [-0.4, -0.2) is 54.9 Å². The van der Waals surface area contributed by atoms with Gasteiger partial charge in [-0.25, -0.2) is 0 Å². The van der Waals surface area contributed by atoms with E-state index < -0.39 is 54.4 Å². The number of hydrogen-bond donors (Lipinski definition) is 1. The summed E-state index contributed by atoms with van der Waals surface area (Å²) < 4.78 is 34.4. The molecule has 110 valence electrons. The summed E-state index contributed by atoms with van der Waals surface area (Å²) in [5.41, 5.74) is -4.19. The number of aliphatic hydroxyl groups is 1. The van der Waals surface area contributed by atoms with Gasteiger partial charge in [-0.1, -0.05) is 13.8 Å². The van der Waals surface area contributed by atoms with Gasteiger partial charge in [0.25, 0.3) is 0 Å². The standard InChI is InChI=1S/C11H12B2O8/c1-6(2)8-5-9(6,18-12(16-5)17-8)11-10(15,7(8,3)4-14)19-13(20-11)21-11/h4-5,15H,1-3H3. The lowest BCUT2D eigenvalue weighted by Gasteiger charge is -2.83. The zero-order valence-electron chi connectivity index (χ0n) is 11.6. The van der Waals surface area contributed by atoms with Crippen LogP contribution >= 0.6 is 0 Å². The van der Waals surface area contributed by atoms with Gasteiger partial charge in [0.15, 0.2) is 0 Å². The van der Waals surface area contributed by atoms with Crippen molar-refractivity contribution in [3.8, 4) is 0 Å². The molecule has 5 aliphatic heterocycles. The molecule has 3 saturated carbocycles. The van der Waals surface area contributed by atoms with Gasteiger partial charge in [-0.3, -0.25) is 0 Å². The van der Waals surface area contributed by atoms with E-state index in [-0.39, 0.29) is 0 Å². The fraction of sp³-hybridized carbons (Fsp3) is 0.909. The molecule has 3 aliphatic carbocycles. The molecule has 8 aliphatic rings. The Labute approximate surface area is 120 Å². The smallest absolute Gasteiger partial charge is 0.377 e. The minimum atomic E-state index is -1.98. The fourth-order valence-electron chi connectivity index (χ4n) is 5.96. The third kappa shape index (κ3) is 0.630. The van der Waals surface area contributed by atoms with E-state index in [1.165, 1.54) is 0 Å². The Hall–Kier alpha value is -0.480. The van der Waals surface area contributed by atoms with Crippen molar-refractivity contribution in [2.75, 3.05) is 0 Å². The first-order chi connectivity index (χ1) is 9.76. The summed E-state index contributed by atoms with van der Waals surface area (Å²) in [5.74, 6) is -3.55. The predicted molar refractivity (Wildman–Crippen MR) is 62.9 cm³/mol. The number of rotatable bonds is 1. The summed E-state index contributed by atoms with van der Waals surface area (Å²) in [6, 6.07) is 0. The Balaban J connectivity index is 1.75. The molecule has 0 aromatic rings. The molecule has 1 N–H and O–H groups in total. The molecule has 5 heterocycles. The van der Waals surface area contributed by atoms with E-state index in [0.29, 0.717) is 6.29 Å². The molecule has 5 saturated heterocycles. The minimum absolute atomic E-state index is 0.553. The first-order valence-corrected chi connectivity index (χ1v) is 7.00. The molecule has 6 bridgehead atoms. The zero-order chi connectivity index (χ0) is 14.7. The first kappa shape index (κ1) is 12.0. The van der Waals surface area contributed by atoms with Gasteiger partial charge >= 0.3 is 14.6 Å². The van der Waals surface area contributed by atoms with Crippen molar-refractivity contribution < 1.29 is 37.8 Å². The van der Waals surface area contributed by atoms with Crippen molar-refractivity contribution in [2.24, 2.45) is 10.8 Å². The van der Waals surface area contributed by atoms with Crippen molar-refractivity contribution in [1.29, 1.82) is 0 Å². The number of fused-ring (bicyclic) bond motifs is 1. The minimum Gasteiger partial charge on any atom is -0.377 e. The van der Waals surface area contributed by atoms with Gasteiger partial charge in [-0.15, -0.1) is 0 Å². The topological polar surface area (TPSA) is 92.7 Å². The van der Waals surface area contributed by atoms with Gasteiger partial charge in [0.05, 0.1) is 0 Å². The van der Waals surface area contributed by atoms with Gasteiger partial charge < -0.3 is 37.8 Å². The van der Waals surface area contributed by atoms with Gasteiger partial charge in [-0.2, -0.15) is 0 Å². The molecule has 5 atom stereocenters. The maximum Gasteiger partial charge on any atom is 0.646 e. The normalized spacial score (nSPS) is 62.2. The number of hydrogen-bond acceptors (Lipinski definition) is 8. The molecule has 0 aromatic carbocycles. The predicted octanol–water partition coefficient (Wildman–Crippen LogP) is -1.40. The van der Waals surface area contributed by atoms with E-state index in [9.17, 15) is 9.90 Å². The molecular formula is C11H12B2O8. The van der Waals surface area contributed by atoms with Gasteiger partial charge in [0.1, 0.15) is 29.0 Å². The van der Waals surface area contributed by atoms with Crippen LogP contribution in [0.2, 0.25) is 0 Å². The van der Waals surface area contributed by atoms with Gasteiger partial charge in [0.2, 0.25) is 11.6 Å². The van der Waals surface area contributed by atoms with Crippen LogP contribution in [-0.2, 0) is 32.7 Å². The molecule has 8 fully saturated rings. The van der Waals surface area contributed by atoms with E-state index in [1.54, 1.807) is 6.92 Å². The van der Waals surface area contributed by atoms with Crippen molar-refractivity contribution in [3.05, 3.63) is 0 Å². The van der Waals surface area contributed by atoms with Crippen LogP contribution < -0.4 is 0 Å². The van der Waals surface area contributed by atoms with E-state index >= 15 is 0 Å². The lowest BCUT2D eigenvalue weighted by Crippen LogP contribution is -3.03. The van der Waals surface area contributed by atoms with Gasteiger partial charge in [-0.05, 0) is 6.92 Å². The molecule has 10 heteroatoms. The number of aldehydes is 1. The summed E-state index contributed by atoms with van der Waals surface area (Å²) in [6.07, 6.45) is 0.111. The molecule has 3 spiro atoms. The van der Waals surface area contributed by atoms with E-state index in [1.807, 2.05) is 13.8 Å². The van der Waals surface area contributed by atoms with Crippen LogP contribution in [0.3, 0.4) is 0 Å². The Morgan fingerprint density at radius 1 is 1.00 bits per heavy atom. The summed E-state index contributed by atoms with van der Waals surface area (Å²) >= 11 is 0. The van der Waals surface area contributed by atoms with Crippen LogP contribution in [0.15, 0.2) is 0 Å². The third-order valence-corrected chi connectivity index (χ3v) is 6.84. The maximum absolute atomic E-state index is 12.0. The highest BCUT2D eigenvalue weighted by molar-refractivity contribution is 6.42. The van der Waals surface area contributed by atoms with Gasteiger partial charge in [0, 0.05) is 5.41 Å². The third-order valence-electron chi connectivity index (χ3n) is 6.84. The molecule has 21 heavy (non-hydrogen) atoms. The van der Waals surface area contributed by atoms with Crippen molar-refractivity contribution in [2.45, 2.75) is 49.7 Å². The van der Waals surface area contributed by atoms with Crippen LogP contribution in [0.5, 0.6) is 0 Å². The highest BCUT2D eigenvalue weighted by atomic mass is 17.0. The Bertz CT molecular complexity index is 636. The van der Waals surface area contributed by atoms with Crippen LogP contribution in [0.25, 0.3) is 0 Å². The number of carbonyl (C=O) groups excluding carboxylic acids is 1.